The lowest BCUT2D eigenvalue weighted by Gasteiger charge is -2.29. The Bertz CT molecular complexity index is 1120. The molecule has 162 valence electrons. The van der Waals surface area contributed by atoms with Gasteiger partial charge in [-0.15, -0.1) is 0 Å². The van der Waals surface area contributed by atoms with Crippen LogP contribution in [0.5, 0.6) is 11.5 Å². The van der Waals surface area contributed by atoms with Crippen LogP contribution >= 0.6 is 11.6 Å². The molecule has 1 aliphatic heterocycles. The molecule has 2 heterocycles. The Kier molecular flexibility index (Phi) is 6.44. The molecule has 0 saturated carbocycles. The van der Waals surface area contributed by atoms with Crippen LogP contribution in [0.15, 0.2) is 53.5 Å². The standard InChI is InChI=1S/C23H25ClN4O3/c1-30-20-12-16-8-10-27(15-17(16)13-21(20)31-2)11-9-25-19-14-26-28(23(29)22(19)24)18-6-4-3-5-7-18/h3-7,12-14,25H,8-11,15H2,1-2H3. The zero-order chi connectivity index (χ0) is 21.8. The SMILES string of the molecule is COc1cc2c(cc1OC)CN(CCNc1cnn(-c3ccccc3)c(=O)c1Cl)CC2. The molecule has 3 aromatic rings. The Morgan fingerprint density at radius 2 is 1.81 bits per heavy atom. The number of anilines is 1. The fraction of sp³-hybridized carbons (Fsp3) is 0.304. The maximum atomic E-state index is 12.6. The van der Waals surface area contributed by atoms with E-state index in [4.69, 9.17) is 21.1 Å². The number of nitrogens with one attached hydrogen (secondary N) is 1. The van der Waals surface area contributed by atoms with E-state index in [-0.39, 0.29) is 10.6 Å². The van der Waals surface area contributed by atoms with E-state index in [9.17, 15) is 4.79 Å². The average molecular weight is 441 g/mol. The molecule has 0 unspecified atom stereocenters. The minimum atomic E-state index is -0.342. The summed E-state index contributed by atoms with van der Waals surface area (Å²) in [7, 11) is 3.31. The van der Waals surface area contributed by atoms with E-state index in [1.165, 1.54) is 15.8 Å². The summed E-state index contributed by atoms with van der Waals surface area (Å²) in [6, 6.07) is 13.3. The number of aromatic nitrogens is 2. The van der Waals surface area contributed by atoms with Gasteiger partial charge in [-0.3, -0.25) is 9.69 Å². The Labute approximate surface area is 186 Å². The third-order valence-electron chi connectivity index (χ3n) is 5.46. The molecule has 0 amide bonds. The summed E-state index contributed by atoms with van der Waals surface area (Å²) in [5, 5.41) is 7.65. The third kappa shape index (κ3) is 4.52. The molecule has 1 aliphatic rings. The van der Waals surface area contributed by atoms with Crippen molar-refractivity contribution in [2.45, 2.75) is 13.0 Å². The summed E-state index contributed by atoms with van der Waals surface area (Å²) >= 11 is 6.32. The molecule has 0 atom stereocenters. The fourth-order valence-electron chi connectivity index (χ4n) is 3.79. The lowest BCUT2D eigenvalue weighted by Crippen LogP contribution is -2.34. The van der Waals surface area contributed by atoms with Gasteiger partial charge in [0.15, 0.2) is 11.5 Å². The highest BCUT2D eigenvalue weighted by molar-refractivity contribution is 6.32. The van der Waals surface area contributed by atoms with Crippen molar-refractivity contribution < 1.29 is 9.47 Å². The second-order valence-electron chi connectivity index (χ2n) is 7.35. The second kappa shape index (κ2) is 9.41. The van der Waals surface area contributed by atoms with Crippen LogP contribution in [-0.4, -0.2) is 48.5 Å². The number of benzene rings is 2. The first-order chi connectivity index (χ1) is 15.1. The minimum absolute atomic E-state index is 0.139. The van der Waals surface area contributed by atoms with Crippen LogP contribution < -0.4 is 20.3 Å². The van der Waals surface area contributed by atoms with E-state index in [2.05, 4.69) is 27.4 Å². The maximum Gasteiger partial charge on any atom is 0.292 e. The van der Waals surface area contributed by atoms with Gasteiger partial charge in [-0.25, -0.2) is 0 Å². The molecule has 0 fully saturated rings. The summed E-state index contributed by atoms with van der Waals surface area (Å²) in [6.45, 7) is 3.25. The number of rotatable bonds is 7. The highest BCUT2D eigenvalue weighted by Gasteiger charge is 2.19. The summed E-state index contributed by atoms with van der Waals surface area (Å²) < 4.78 is 12.1. The summed E-state index contributed by atoms with van der Waals surface area (Å²) in [5.41, 5.74) is 3.42. The quantitative estimate of drug-likeness (QED) is 0.607. The number of hydrogen-bond donors (Lipinski definition) is 1. The molecular weight excluding hydrogens is 416 g/mol. The van der Waals surface area contributed by atoms with E-state index >= 15 is 0 Å². The zero-order valence-corrected chi connectivity index (χ0v) is 18.4. The van der Waals surface area contributed by atoms with E-state index < -0.39 is 0 Å². The van der Waals surface area contributed by atoms with Gasteiger partial charge in [0.05, 0.1) is 31.8 Å². The largest absolute Gasteiger partial charge is 0.493 e. The van der Waals surface area contributed by atoms with Gasteiger partial charge >= 0.3 is 0 Å². The van der Waals surface area contributed by atoms with Crippen molar-refractivity contribution in [2.24, 2.45) is 0 Å². The van der Waals surface area contributed by atoms with Gasteiger partial charge in [-0.2, -0.15) is 9.78 Å². The van der Waals surface area contributed by atoms with Crippen LogP contribution in [0.25, 0.3) is 5.69 Å². The third-order valence-corrected chi connectivity index (χ3v) is 5.83. The maximum absolute atomic E-state index is 12.6. The van der Waals surface area contributed by atoms with Gasteiger partial charge in [0.25, 0.3) is 5.56 Å². The lowest BCUT2D eigenvalue weighted by atomic mass is 9.99. The fourth-order valence-corrected chi connectivity index (χ4v) is 3.99. The van der Waals surface area contributed by atoms with Crippen molar-refractivity contribution >= 4 is 17.3 Å². The number of ether oxygens (including phenoxy) is 2. The molecule has 0 spiro atoms. The lowest BCUT2D eigenvalue weighted by molar-refractivity contribution is 0.262. The first-order valence-corrected chi connectivity index (χ1v) is 10.5. The molecule has 7 nitrogen and oxygen atoms in total. The minimum Gasteiger partial charge on any atom is -0.493 e. The van der Waals surface area contributed by atoms with Crippen LogP contribution in [0.1, 0.15) is 11.1 Å². The Balaban J connectivity index is 1.39. The molecule has 4 rings (SSSR count). The predicted molar refractivity (Wildman–Crippen MR) is 122 cm³/mol. The number of halogens is 1. The molecule has 31 heavy (non-hydrogen) atoms. The van der Waals surface area contributed by atoms with Gasteiger partial charge in [0.2, 0.25) is 0 Å². The molecule has 1 aromatic heterocycles. The highest BCUT2D eigenvalue weighted by Crippen LogP contribution is 2.33. The van der Waals surface area contributed by atoms with Crippen molar-refractivity contribution in [3.05, 3.63) is 75.2 Å². The molecule has 0 bridgehead atoms. The van der Waals surface area contributed by atoms with Gasteiger partial charge in [0.1, 0.15) is 5.02 Å². The molecular formula is C23H25ClN4O3. The van der Waals surface area contributed by atoms with Gasteiger partial charge in [0, 0.05) is 26.2 Å². The summed E-state index contributed by atoms with van der Waals surface area (Å²) in [5.74, 6) is 1.52. The highest BCUT2D eigenvalue weighted by atomic mass is 35.5. The molecule has 1 N–H and O–H groups in total. The van der Waals surface area contributed by atoms with E-state index in [1.807, 2.05) is 30.3 Å². The van der Waals surface area contributed by atoms with Crippen LogP contribution in [0.3, 0.4) is 0 Å². The number of fused-ring (bicyclic) bond motifs is 1. The van der Waals surface area contributed by atoms with Crippen LogP contribution in [-0.2, 0) is 13.0 Å². The van der Waals surface area contributed by atoms with E-state index in [1.54, 1.807) is 20.4 Å². The number of methoxy groups -OCH3 is 2. The van der Waals surface area contributed by atoms with Crippen molar-refractivity contribution in [1.82, 2.24) is 14.7 Å². The molecule has 0 radical (unpaired) electrons. The van der Waals surface area contributed by atoms with Gasteiger partial charge in [-0.1, -0.05) is 29.8 Å². The molecule has 0 aliphatic carbocycles. The van der Waals surface area contributed by atoms with E-state index in [0.29, 0.717) is 17.9 Å². The van der Waals surface area contributed by atoms with Crippen molar-refractivity contribution in [3.8, 4) is 17.2 Å². The first-order valence-electron chi connectivity index (χ1n) is 10.1. The zero-order valence-electron chi connectivity index (χ0n) is 17.6. The van der Waals surface area contributed by atoms with Gasteiger partial charge in [-0.05, 0) is 41.8 Å². The van der Waals surface area contributed by atoms with Crippen molar-refractivity contribution in [1.29, 1.82) is 0 Å². The Hall–Kier alpha value is -3.03. The topological polar surface area (TPSA) is 68.6 Å². The number of nitrogens with zero attached hydrogens (tertiary/aromatic N) is 3. The van der Waals surface area contributed by atoms with Crippen molar-refractivity contribution in [3.63, 3.8) is 0 Å². The monoisotopic (exact) mass is 440 g/mol. The van der Waals surface area contributed by atoms with Crippen molar-refractivity contribution in [2.75, 3.05) is 39.2 Å². The average Bonchev–Trinajstić information content (AvgIpc) is 2.81. The summed E-state index contributed by atoms with van der Waals surface area (Å²) in [6.07, 6.45) is 2.55. The molecule has 2 aromatic carbocycles. The Morgan fingerprint density at radius 1 is 1.10 bits per heavy atom. The first kappa shape index (κ1) is 21.2. The molecule has 8 heteroatoms. The second-order valence-corrected chi connectivity index (χ2v) is 7.73. The molecule has 0 saturated heterocycles. The summed E-state index contributed by atoms with van der Waals surface area (Å²) in [4.78, 5) is 15.0. The van der Waals surface area contributed by atoms with Crippen LogP contribution in [0, 0.1) is 0 Å². The normalized spacial score (nSPS) is 13.5. The van der Waals surface area contributed by atoms with E-state index in [0.717, 1.165) is 37.6 Å². The van der Waals surface area contributed by atoms with Gasteiger partial charge < -0.3 is 14.8 Å². The number of para-hydroxylation sites is 1. The number of hydrogen-bond acceptors (Lipinski definition) is 6. The predicted octanol–water partition coefficient (Wildman–Crippen LogP) is 3.37. The van der Waals surface area contributed by atoms with Crippen LogP contribution in [0.2, 0.25) is 5.02 Å². The van der Waals surface area contributed by atoms with Crippen LogP contribution in [0.4, 0.5) is 5.69 Å². The Morgan fingerprint density at radius 3 is 2.52 bits per heavy atom. The smallest absolute Gasteiger partial charge is 0.292 e.